The normalized spacial score (nSPS) is 25.5. The maximum atomic E-state index is 13.1. The first kappa shape index (κ1) is 32.7. The van der Waals surface area contributed by atoms with Gasteiger partial charge in [-0.25, -0.2) is 4.98 Å². The van der Waals surface area contributed by atoms with Crippen LogP contribution in [0.15, 0.2) is 61.0 Å². The third kappa shape index (κ3) is 6.64. The number of allylic oxidation sites excluding steroid dienone is 2. The molecule has 6 atom stereocenters. The number of hydrogen-bond acceptors (Lipinski definition) is 8. The van der Waals surface area contributed by atoms with Gasteiger partial charge in [-0.2, -0.15) is 0 Å². The largest absolute Gasteiger partial charge is 0.504 e. The van der Waals surface area contributed by atoms with Gasteiger partial charge in [0.2, 0.25) is 0 Å². The van der Waals surface area contributed by atoms with Crippen molar-refractivity contribution in [3.63, 3.8) is 0 Å². The first-order chi connectivity index (χ1) is 22.7. The average Bonchev–Trinajstić information content (AvgIpc) is 3.60. The number of hydrogen-bond donors (Lipinski definition) is 5. The minimum atomic E-state index is -1.67. The Morgan fingerprint density at radius 2 is 1.98 bits per heavy atom. The first-order valence-corrected chi connectivity index (χ1v) is 16.7. The van der Waals surface area contributed by atoms with E-state index in [0.29, 0.717) is 40.8 Å². The van der Waals surface area contributed by atoms with Crippen LogP contribution in [0.3, 0.4) is 0 Å². The van der Waals surface area contributed by atoms with Crippen molar-refractivity contribution in [2.24, 2.45) is 23.2 Å². The van der Waals surface area contributed by atoms with Gasteiger partial charge in [0.1, 0.15) is 5.82 Å². The third-order valence-electron chi connectivity index (χ3n) is 10.6. The van der Waals surface area contributed by atoms with Crippen molar-refractivity contribution in [1.29, 1.82) is 0 Å². The number of Topliss-reactive ketones (excluding diaryl/α,β-unsaturated/α-hetero) is 2. The number of aliphatic hydroxyl groups excluding tert-OH is 2. The number of anilines is 1. The number of H-pyrrole nitrogens is 1. The Bertz CT molecular complexity index is 1660. The number of aromatic amines is 1. The molecular formula is C38H45N3O6. The smallest absolute Gasteiger partial charge is 0.170 e. The number of nitrogens with one attached hydrogen (secondary N) is 1. The Kier molecular flexibility index (Phi) is 9.66. The molecular weight excluding hydrogens is 594 g/mol. The van der Waals surface area contributed by atoms with E-state index in [1.54, 1.807) is 12.3 Å². The molecule has 0 saturated heterocycles. The quantitative estimate of drug-likeness (QED) is 0.132. The van der Waals surface area contributed by atoms with Crippen LogP contribution < -0.4 is 10.5 Å². The van der Waals surface area contributed by atoms with Gasteiger partial charge in [0.05, 0.1) is 13.7 Å². The molecule has 3 aromatic rings. The van der Waals surface area contributed by atoms with Gasteiger partial charge in [0.25, 0.3) is 0 Å². The number of ether oxygens (including phenoxy) is 1. The van der Waals surface area contributed by atoms with Gasteiger partial charge >= 0.3 is 0 Å². The lowest BCUT2D eigenvalue weighted by Gasteiger charge is -2.41. The fraction of sp³-hybridized carbons (Fsp3) is 0.447. The van der Waals surface area contributed by atoms with Crippen LogP contribution in [-0.2, 0) is 22.4 Å². The number of ketones is 2. The van der Waals surface area contributed by atoms with E-state index in [2.05, 4.69) is 22.1 Å². The first-order valence-electron chi connectivity index (χ1n) is 16.7. The highest BCUT2D eigenvalue weighted by Crippen LogP contribution is 2.53. The molecule has 248 valence electrons. The number of aryl methyl sites for hydroxylation is 1. The molecule has 47 heavy (non-hydrogen) atoms. The van der Waals surface area contributed by atoms with Gasteiger partial charge in [-0.05, 0) is 85.3 Å². The second kappa shape index (κ2) is 13.9. The van der Waals surface area contributed by atoms with E-state index in [-0.39, 0.29) is 43.3 Å². The number of aromatic nitrogens is 2. The molecule has 9 heteroatoms. The summed E-state index contributed by atoms with van der Waals surface area (Å²) in [5.41, 5.74) is 9.02. The zero-order valence-electron chi connectivity index (χ0n) is 26.9. The van der Waals surface area contributed by atoms with Crippen LogP contribution >= 0.6 is 0 Å². The number of phenols is 1. The number of nitrogen functional groups attached to an aromatic ring is 1. The topological polar surface area (TPSA) is 159 Å². The van der Waals surface area contributed by atoms with Gasteiger partial charge in [0, 0.05) is 53.4 Å². The number of pyridine rings is 1. The predicted molar refractivity (Wildman–Crippen MR) is 180 cm³/mol. The van der Waals surface area contributed by atoms with Gasteiger partial charge in [-0.1, -0.05) is 43.2 Å². The van der Waals surface area contributed by atoms with E-state index >= 15 is 0 Å². The van der Waals surface area contributed by atoms with Gasteiger partial charge < -0.3 is 30.8 Å². The predicted octanol–water partition coefficient (Wildman–Crippen LogP) is 5.29. The van der Waals surface area contributed by atoms with Crippen molar-refractivity contribution in [3.05, 3.63) is 88.9 Å². The van der Waals surface area contributed by atoms with Crippen LogP contribution in [0.1, 0.15) is 78.8 Å². The SMILES string of the molecule is COc1cc(CCC(=O)[C@H](O)C(=O)C[C@@H]2C=C[C@H]3CCCC[C@@H]3C2)cc([C@@H]2c3ccnc(N)c3C=C[C@@]2(CO)Cc2ccc[nH]2)c1O. The van der Waals surface area contributed by atoms with Gasteiger partial charge in [-0.3, -0.25) is 9.59 Å². The van der Waals surface area contributed by atoms with Gasteiger partial charge in [-0.15, -0.1) is 0 Å². The second-order valence-corrected chi connectivity index (χ2v) is 13.6. The van der Waals surface area contributed by atoms with Crippen molar-refractivity contribution in [2.75, 3.05) is 19.5 Å². The fourth-order valence-electron chi connectivity index (χ4n) is 8.13. The summed E-state index contributed by atoms with van der Waals surface area (Å²) in [5, 5.41) is 33.3. The Morgan fingerprint density at radius 3 is 2.74 bits per heavy atom. The number of methoxy groups -OCH3 is 1. The van der Waals surface area contributed by atoms with E-state index in [0.717, 1.165) is 17.7 Å². The van der Waals surface area contributed by atoms with Crippen molar-refractivity contribution in [3.8, 4) is 11.5 Å². The summed E-state index contributed by atoms with van der Waals surface area (Å²) in [4.78, 5) is 33.6. The van der Waals surface area contributed by atoms with Crippen molar-refractivity contribution >= 4 is 23.5 Å². The van der Waals surface area contributed by atoms with Crippen molar-refractivity contribution in [2.45, 2.75) is 69.8 Å². The second-order valence-electron chi connectivity index (χ2n) is 13.6. The highest BCUT2D eigenvalue weighted by molar-refractivity contribution is 6.05. The van der Waals surface area contributed by atoms with Crippen molar-refractivity contribution in [1.82, 2.24) is 9.97 Å². The lowest BCUT2D eigenvalue weighted by molar-refractivity contribution is -0.139. The summed E-state index contributed by atoms with van der Waals surface area (Å²) < 4.78 is 5.58. The molecule has 2 heterocycles. The van der Waals surface area contributed by atoms with E-state index in [1.807, 2.05) is 42.6 Å². The molecule has 6 N–H and O–H groups in total. The maximum absolute atomic E-state index is 13.1. The third-order valence-corrected chi connectivity index (χ3v) is 10.6. The molecule has 0 radical (unpaired) electrons. The Labute approximate surface area is 275 Å². The summed E-state index contributed by atoms with van der Waals surface area (Å²) in [6.45, 7) is -0.231. The number of fused-ring (bicyclic) bond motifs is 2. The highest BCUT2D eigenvalue weighted by Gasteiger charge is 2.44. The molecule has 3 aliphatic rings. The van der Waals surface area contributed by atoms with Crippen LogP contribution in [0.25, 0.3) is 6.08 Å². The monoisotopic (exact) mass is 639 g/mol. The molecule has 9 nitrogen and oxygen atoms in total. The van der Waals surface area contributed by atoms with Gasteiger partial charge in [0.15, 0.2) is 29.2 Å². The Hall–Kier alpha value is -4.21. The zero-order chi connectivity index (χ0) is 33.1. The fourth-order valence-corrected chi connectivity index (χ4v) is 8.13. The summed E-state index contributed by atoms with van der Waals surface area (Å²) in [6, 6.07) is 9.17. The van der Waals surface area contributed by atoms with E-state index in [9.17, 15) is 24.9 Å². The van der Waals surface area contributed by atoms with Crippen LogP contribution in [0, 0.1) is 23.2 Å². The summed E-state index contributed by atoms with van der Waals surface area (Å²) in [5.74, 6) is 0.205. The molecule has 6 rings (SSSR count). The molecule has 0 amide bonds. The zero-order valence-corrected chi connectivity index (χ0v) is 26.9. The van der Waals surface area contributed by atoms with Crippen LogP contribution in [0.2, 0.25) is 0 Å². The van der Waals surface area contributed by atoms with Crippen LogP contribution in [0.5, 0.6) is 11.5 Å². The maximum Gasteiger partial charge on any atom is 0.170 e. The molecule has 1 fully saturated rings. The molecule has 1 saturated carbocycles. The molecule has 0 spiro atoms. The van der Waals surface area contributed by atoms with E-state index in [1.165, 1.54) is 32.8 Å². The molecule has 2 aromatic heterocycles. The highest BCUT2D eigenvalue weighted by atomic mass is 16.5. The number of aliphatic hydroxyl groups is 2. The molecule has 3 aliphatic carbocycles. The van der Waals surface area contributed by atoms with Crippen LogP contribution in [0.4, 0.5) is 5.82 Å². The number of benzene rings is 1. The number of aromatic hydroxyl groups is 1. The number of nitrogens with zero attached hydrogens (tertiary/aromatic N) is 1. The average molecular weight is 640 g/mol. The minimum Gasteiger partial charge on any atom is -0.504 e. The molecule has 0 bridgehead atoms. The summed E-state index contributed by atoms with van der Waals surface area (Å²) in [6.07, 6.45) is 16.5. The molecule has 1 aromatic carbocycles. The number of rotatable bonds is 12. The van der Waals surface area contributed by atoms with Crippen LogP contribution in [-0.4, -0.2) is 56.7 Å². The number of carbonyl (C=O) groups excluding carboxylic acids is 2. The molecule has 0 aliphatic heterocycles. The lowest BCUT2D eigenvalue weighted by atomic mass is 9.63. The Balaban J connectivity index is 1.24. The lowest BCUT2D eigenvalue weighted by Crippen LogP contribution is -2.36. The summed E-state index contributed by atoms with van der Waals surface area (Å²) in [7, 11) is 1.46. The van der Waals surface area contributed by atoms with Crippen molar-refractivity contribution < 1.29 is 29.6 Å². The Morgan fingerprint density at radius 1 is 1.15 bits per heavy atom. The van der Waals surface area contributed by atoms with E-state index < -0.39 is 29.0 Å². The number of nitrogens with two attached hydrogens (primary N) is 1. The number of carbonyl (C=O) groups is 2. The number of phenolic OH excluding ortho intramolecular Hbond substituents is 1. The minimum absolute atomic E-state index is 0.0580. The summed E-state index contributed by atoms with van der Waals surface area (Å²) >= 11 is 0. The van der Waals surface area contributed by atoms with E-state index in [4.69, 9.17) is 10.5 Å². The molecule has 0 unspecified atom stereocenters. The standard InChI is InChI=1S/C38H45N3O6/c1-47-33-20-24(9-11-31(43)36(46)32(44)19-23-8-10-25-5-2-3-6-26(25)17-23)18-30(35(33)45)34-28-13-16-41-37(39)29(28)12-14-38(34,22-42)21-27-7-4-15-40-27/h4,7-8,10,12-16,18,20,23,25-26,34,36,40,42,45-46H,2-3,5-6,9,11,17,19,21-22H2,1H3,(H2,39,41)/t23-,25-,26-,34+,36+,38+/m1/s1.